The fourth-order valence-corrected chi connectivity index (χ4v) is 7.06. The summed E-state index contributed by atoms with van der Waals surface area (Å²) < 4.78 is 10.4. The highest BCUT2D eigenvalue weighted by Crippen LogP contribution is 2.88. The van der Waals surface area contributed by atoms with Crippen molar-refractivity contribution >= 4 is 35.1 Å². The molecule has 5 nitrogen and oxygen atoms in total. The molecule has 0 saturated heterocycles. The topological polar surface area (TPSA) is 65.5 Å². The van der Waals surface area contributed by atoms with Crippen LogP contribution in [0.1, 0.15) is 56.7 Å². The number of pyridine rings is 1. The van der Waals surface area contributed by atoms with Gasteiger partial charge in [0.2, 0.25) is 0 Å². The Morgan fingerprint density at radius 3 is 2.52 bits per heavy atom. The molecule has 3 aliphatic rings. The summed E-state index contributed by atoms with van der Waals surface area (Å²) in [5.74, 6) is -0.902. The summed E-state index contributed by atoms with van der Waals surface area (Å²) in [5, 5.41) is -0.134. The normalized spacial score (nSPS) is 35.4. The lowest BCUT2D eigenvalue weighted by Crippen LogP contribution is -2.56. The first-order chi connectivity index (χ1) is 12.8. The molecule has 2 saturated carbocycles. The van der Waals surface area contributed by atoms with Gasteiger partial charge in [0.15, 0.2) is 5.41 Å². The lowest BCUT2D eigenvalue weighted by Gasteiger charge is -2.54. The summed E-state index contributed by atoms with van der Waals surface area (Å²) in [5.41, 5.74) is 0.399. The Morgan fingerprint density at radius 2 is 1.93 bits per heavy atom. The van der Waals surface area contributed by atoms with Crippen molar-refractivity contribution in [1.29, 1.82) is 0 Å². The second-order valence-electron chi connectivity index (χ2n) is 7.96. The molecule has 5 atom stereocenters. The van der Waals surface area contributed by atoms with E-state index < -0.39 is 22.2 Å². The zero-order chi connectivity index (χ0) is 19.6. The average Bonchev–Trinajstić information content (AvgIpc) is 3.20. The van der Waals surface area contributed by atoms with Gasteiger partial charge < -0.3 is 9.47 Å². The Morgan fingerprint density at radius 1 is 1.30 bits per heavy atom. The van der Waals surface area contributed by atoms with Crippen LogP contribution in [0.15, 0.2) is 18.3 Å². The third-order valence-corrected chi connectivity index (χ3v) is 7.89. The van der Waals surface area contributed by atoms with E-state index in [1.807, 2.05) is 6.07 Å². The van der Waals surface area contributed by atoms with Gasteiger partial charge in [-0.05, 0) is 51.2 Å². The Balaban J connectivity index is 1.66. The number of esters is 2. The summed E-state index contributed by atoms with van der Waals surface area (Å²) in [6.07, 6.45) is 2.57. The van der Waals surface area contributed by atoms with Crippen molar-refractivity contribution in [1.82, 2.24) is 4.98 Å². The Hall–Kier alpha value is -1.33. The average molecular weight is 412 g/mol. The predicted molar refractivity (Wildman–Crippen MR) is 101 cm³/mol. The zero-order valence-electron chi connectivity index (χ0n) is 15.6. The summed E-state index contributed by atoms with van der Waals surface area (Å²) in [4.78, 5) is 29.1. The molecule has 27 heavy (non-hydrogen) atoms. The second-order valence-corrected chi connectivity index (χ2v) is 9.16. The largest absolute Gasteiger partial charge is 0.465 e. The molecule has 0 amide bonds. The molecule has 0 unspecified atom stereocenters. The van der Waals surface area contributed by atoms with E-state index in [9.17, 15) is 9.59 Å². The third-order valence-electron chi connectivity index (χ3n) is 6.66. The van der Waals surface area contributed by atoms with Gasteiger partial charge in [-0.1, -0.05) is 6.07 Å². The van der Waals surface area contributed by atoms with Gasteiger partial charge in [-0.3, -0.25) is 14.6 Å². The number of carbonyl (C=O) groups is 2. The summed E-state index contributed by atoms with van der Waals surface area (Å²) in [6, 6.07) is 4.01. The first-order valence-corrected chi connectivity index (χ1v) is 10.2. The molecule has 1 aromatic rings. The van der Waals surface area contributed by atoms with Crippen LogP contribution in [-0.4, -0.2) is 40.4 Å². The molecule has 1 spiro atoms. The molecule has 0 radical (unpaired) electrons. The monoisotopic (exact) mass is 411 g/mol. The van der Waals surface area contributed by atoms with Gasteiger partial charge in [0, 0.05) is 23.2 Å². The first-order valence-electron chi connectivity index (χ1n) is 9.40. The van der Waals surface area contributed by atoms with Crippen molar-refractivity contribution in [2.45, 2.75) is 55.7 Å². The lowest BCUT2D eigenvalue weighted by atomic mass is 9.56. The van der Waals surface area contributed by atoms with Crippen molar-refractivity contribution < 1.29 is 19.1 Å². The van der Waals surface area contributed by atoms with Crippen molar-refractivity contribution in [3.8, 4) is 0 Å². The minimum atomic E-state index is -1.46. The highest BCUT2D eigenvalue weighted by atomic mass is 35.5. The molecule has 2 fully saturated rings. The number of aromatic nitrogens is 1. The van der Waals surface area contributed by atoms with Crippen LogP contribution >= 0.6 is 23.2 Å². The lowest BCUT2D eigenvalue weighted by molar-refractivity contribution is -0.173. The number of alkyl halides is 2. The van der Waals surface area contributed by atoms with Gasteiger partial charge in [-0.15, -0.1) is 23.2 Å². The van der Waals surface area contributed by atoms with E-state index in [4.69, 9.17) is 32.7 Å². The van der Waals surface area contributed by atoms with E-state index in [0.29, 0.717) is 6.42 Å². The number of carbonyl (C=O) groups excluding carboxylic acids is 2. The number of ether oxygens (including phenoxy) is 2. The Kier molecular flexibility index (Phi) is 4.28. The molecule has 1 aromatic heterocycles. The molecule has 0 N–H and O–H groups in total. The third kappa shape index (κ3) is 2.21. The highest BCUT2D eigenvalue weighted by molar-refractivity contribution is 6.31. The van der Waals surface area contributed by atoms with E-state index >= 15 is 0 Å². The van der Waals surface area contributed by atoms with Crippen LogP contribution in [0.25, 0.3) is 0 Å². The molecule has 1 heterocycles. The van der Waals surface area contributed by atoms with Crippen LogP contribution in [-0.2, 0) is 19.1 Å². The fraction of sp³-hybridized carbons (Fsp3) is 0.650. The molecule has 7 heteroatoms. The number of halogens is 2. The molecule has 0 aliphatic heterocycles. The fourth-order valence-electron chi connectivity index (χ4n) is 5.46. The second kappa shape index (κ2) is 6.08. The van der Waals surface area contributed by atoms with Crippen LogP contribution in [0.4, 0.5) is 0 Å². The van der Waals surface area contributed by atoms with Crippen LogP contribution in [0.2, 0.25) is 0 Å². The summed E-state index contributed by atoms with van der Waals surface area (Å²) >= 11 is 13.8. The summed E-state index contributed by atoms with van der Waals surface area (Å²) in [7, 11) is 0. The molecular formula is C20H23Cl2NO4. The van der Waals surface area contributed by atoms with Crippen molar-refractivity contribution in [2.24, 2.45) is 10.8 Å². The van der Waals surface area contributed by atoms with Crippen LogP contribution < -0.4 is 0 Å². The molecule has 0 aromatic carbocycles. The van der Waals surface area contributed by atoms with E-state index in [-0.39, 0.29) is 42.3 Å². The number of hydrogen-bond acceptors (Lipinski definition) is 5. The maximum absolute atomic E-state index is 12.7. The minimum absolute atomic E-state index is 0.0697. The maximum Gasteiger partial charge on any atom is 0.323 e. The van der Waals surface area contributed by atoms with Gasteiger partial charge in [0.05, 0.1) is 23.5 Å². The molecule has 4 rings (SSSR count). The molecule has 0 bridgehead atoms. The number of hydrogen-bond donors (Lipinski definition) is 0. The minimum Gasteiger partial charge on any atom is -0.465 e. The van der Waals surface area contributed by atoms with E-state index in [2.05, 4.69) is 11.1 Å². The maximum atomic E-state index is 12.7. The van der Waals surface area contributed by atoms with Gasteiger partial charge in [0.25, 0.3) is 0 Å². The van der Waals surface area contributed by atoms with Crippen molar-refractivity contribution in [2.75, 3.05) is 13.2 Å². The van der Waals surface area contributed by atoms with E-state index in [1.165, 1.54) is 5.56 Å². The Labute approximate surface area is 168 Å². The van der Waals surface area contributed by atoms with Crippen molar-refractivity contribution in [3.05, 3.63) is 29.6 Å². The smallest absolute Gasteiger partial charge is 0.323 e. The van der Waals surface area contributed by atoms with Gasteiger partial charge in [-0.25, -0.2) is 0 Å². The van der Waals surface area contributed by atoms with Crippen LogP contribution in [0.5, 0.6) is 0 Å². The number of nitrogens with zero attached hydrogens (tertiary/aromatic N) is 1. The van der Waals surface area contributed by atoms with Crippen molar-refractivity contribution in [3.63, 3.8) is 0 Å². The molecular weight excluding hydrogens is 389 g/mol. The molecule has 146 valence electrons. The van der Waals surface area contributed by atoms with Gasteiger partial charge >= 0.3 is 11.9 Å². The number of rotatable bonds is 6. The number of fused-ring (bicyclic) bond motifs is 3. The SMILES string of the molecule is CCOC(=O)C(C)(C[C@]1(Cl)C[C@@H]2c3cccnc3[C@H]3[C@@H](Cl)[C@@]231)C(=O)OCC. The Bertz CT molecular complexity index is 793. The first kappa shape index (κ1) is 19.0. The van der Waals surface area contributed by atoms with E-state index in [0.717, 1.165) is 5.69 Å². The standard InChI is InChI=1S/C20H23Cl2NO4/c1-4-26-16(24)18(3,17(25)27-5-2)10-19(22)9-12-11-7-6-8-23-14(11)13-15(21)20(12,13)19/h6-8,12-13,15H,4-5,9-10H2,1-3H3/t12-,13+,15-,19-,20-/m1/s1. The van der Waals surface area contributed by atoms with E-state index in [1.54, 1.807) is 27.0 Å². The van der Waals surface area contributed by atoms with Crippen LogP contribution in [0.3, 0.4) is 0 Å². The summed E-state index contributed by atoms with van der Waals surface area (Å²) in [6.45, 7) is 5.37. The highest BCUT2D eigenvalue weighted by Gasteiger charge is 2.87. The zero-order valence-corrected chi connectivity index (χ0v) is 17.1. The quantitative estimate of drug-likeness (QED) is 0.404. The van der Waals surface area contributed by atoms with Gasteiger partial charge in [0.1, 0.15) is 0 Å². The predicted octanol–water partition coefficient (Wildman–Crippen LogP) is 3.77. The molecule has 3 aliphatic carbocycles. The van der Waals surface area contributed by atoms with Crippen LogP contribution in [0, 0.1) is 10.8 Å². The van der Waals surface area contributed by atoms with Gasteiger partial charge in [-0.2, -0.15) is 0 Å².